The van der Waals surface area contributed by atoms with Crippen molar-refractivity contribution in [2.24, 2.45) is 0 Å². The van der Waals surface area contributed by atoms with Gasteiger partial charge in [0.05, 0.1) is 7.11 Å². The molecule has 0 fully saturated rings. The van der Waals surface area contributed by atoms with E-state index in [1.54, 1.807) is 31.4 Å². The van der Waals surface area contributed by atoms with Gasteiger partial charge in [0.25, 0.3) is 5.91 Å². The first-order chi connectivity index (χ1) is 11.0. The Hall–Kier alpha value is -2.58. The van der Waals surface area contributed by atoms with Gasteiger partial charge >= 0.3 is 0 Å². The van der Waals surface area contributed by atoms with Crippen LogP contribution in [0.2, 0.25) is 0 Å². The maximum absolute atomic E-state index is 12.3. The number of halogens is 1. The molecule has 2 aromatic carbocycles. The molecular formula is C18H15BrN2O2. The number of anilines is 1. The van der Waals surface area contributed by atoms with E-state index in [2.05, 4.69) is 21.2 Å². The Bertz CT molecular complexity index is 807. The fraction of sp³-hybridized carbons (Fsp3) is 0.111. The lowest BCUT2D eigenvalue weighted by Gasteiger charge is -2.06. The number of nitrogens with one attached hydrogen (secondary N) is 1. The van der Waals surface area contributed by atoms with Gasteiger partial charge in [0.15, 0.2) is 0 Å². The fourth-order valence-electron chi connectivity index (χ4n) is 2.02. The van der Waals surface area contributed by atoms with Crippen LogP contribution in [0.3, 0.4) is 0 Å². The summed E-state index contributed by atoms with van der Waals surface area (Å²) >= 11 is 3.37. The number of methoxy groups -OCH3 is 1. The van der Waals surface area contributed by atoms with Crippen molar-refractivity contribution in [3.05, 3.63) is 63.6 Å². The number of ether oxygens (including phenoxy) is 1. The number of nitrogens with zero attached hydrogens (tertiary/aromatic N) is 1. The number of hydrogen-bond acceptors (Lipinski definition) is 3. The average Bonchev–Trinajstić information content (AvgIpc) is 2.51. The van der Waals surface area contributed by atoms with Crippen LogP contribution in [0.5, 0.6) is 5.75 Å². The largest absolute Gasteiger partial charge is 0.497 e. The Morgan fingerprint density at radius 2 is 2.09 bits per heavy atom. The molecule has 0 unspecified atom stereocenters. The van der Waals surface area contributed by atoms with Gasteiger partial charge in [-0.25, -0.2) is 0 Å². The minimum Gasteiger partial charge on any atom is -0.497 e. The fourth-order valence-corrected chi connectivity index (χ4v) is 2.51. The second kappa shape index (κ2) is 7.61. The Labute approximate surface area is 143 Å². The molecule has 0 atom stereocenters. The van der Waals surface area contributed by atoms with Gasteiger partial charge in [0.1, 0.15) is 17.4 Å². The number of benzene rings is 2. The minimum atomic E-state index is -0.447. The third-order valence-electron chi connectivity index (χ3n) is 3.08. The highest BCUT2D eigenvalue weighted by atomic mass is 79.9. The normalized spacial score (nSPS) is 10.8. The van der Waals surface area contributed by atoms with Crippen LogP contribution in [0, 0.1) is 18.3 Å². The van der Waals surface area contributed by atoms with Crippen molar-refractivity contribution in [2.75, 3.05) is 12.4 Å². The zero-order valence-electron chi connectivity index (χ0n) is 12.8. The average molecular weight is 371 g/mol. The van der Waals surface area contributed by atoms with E-state index in [0.29, 0.717) is 17.0 Å². The third-order valence-corrected chi connectivity index (χ3v) is 3.54. The molecule has 0 spiro atoms. The molecule has 0 aliphatic rings. The minimum absolute atomic E-state index is 0.0201. The van der Waals surface area contributed by atoms with Crippen LogP contribution in [0.4, 0.5) is 5.69 Å². The summed E-state index contributed by atoms with van der Waals surface area (Å²) in [4.78, 5) is 12.3. The second-order valence-electron chi connectivity index (χ2n) is 4.92. The van der Waals surface area contributed by atoms with Crippen LogP contribution < -0.4 is 10.1 Å². The van der Waals surface area contributed by atoms with Gasteiger partial charge in [-0.05, 0) is 54.5 Å². The van der Waals surface area contributed by atoms with Crippen molar-refractivity contribution >= 4 is 33.6 Å². The first-order valence-corrected chi connectivity index (χ1v) is 7.65. The van der Waals surface area contributed by atoms with E-state index in [1.807, 2.05) is 31.2 Å². The number of aryl methyl sites for hydroxylation is 1. The summed E-state index contributed by atoms with van der Waals surface area (Å²) in [5, 5.41) is 12.0. The van der Waals surface area contributed by atoms with Gasteiger partial charge in [-0.2, -0.15) is 5.26 Å². The number of nitriles is 1. The Morgan fingerprint density at radius 1 is 1.30 bits per heavy atom. The molecule has 1 amide bonds. The molecule has 2 rings (SSSR count). The van der Waals surface area contributed by atoms with Gasteiger partial charge in [0.2, 0.25) is 0 Å². The zero-order valence-corrected chi connectivity index (χ0v) is 14.3. The predicted octanol–water partition coefficient (Wildman–Crippen LogP) is 4.31. The first kappa shape index (κ1) is 16.8. The molecule has 0 bridgehead atoms. The predicted molar refractivity (Wildman–Crippen MR) is 94.1 cm³/mol. The van der Waals surface area contributed by atoms with Crippen LogP contribution in [-0.4, -0.2) is 13.0 Å². The van der Waals surface area contributed by atoms with Gasteiger partial charge < -0.3 is 10.1 Å². The maximum atomic E-state index is 12.3. The molecule has 1 N–H and O–H groups in total. The molecule has 116 valence electrons. The second-order valence-corrected chi connectivity index (χ2v) is 5.83. The summed E-state index contributed by atoms with van der Waals surface area (Å²) in [6.07, 6.45) is 1.53. The van der Waals surface area contributed by atoms with E-state index in [9.17, 15) is 10.1 Å². The SMILES string of the molecule is COc1cc(Br)cc(/C=C(\C#N)C(=O)Nc2cccc(C)c2)c1. The van der Waals surface area contributed by atoms with E-state index >= 15 is 0 Å². The molecule has 23 heavy (non-hydrogen) atoms. The quantitative estimate of drug-likeness (QED) is 0.644. The summed E-state index contributed by atoms with van der Waals surface area (Å²) in [6.45, 7) is 1.93. The van der Waals surface area contributed by atoms with Crippen LogP contribution in [0.15, 0.2) is 52.5 Å². The van der Waals surface area contributed by atoms with Gasteiger partial charge in [-0.15, -0.1) is 0 Å². The maximum Gasteiger partial charge on any atom is 0.266 e. The highest BCUT2D eigenvalue weighted by Crippen LogP contribution is 2.23. The number of amides is 1. The van der Waals surface area contributed by atoms with E-state index in [0.717, 1.165) is 10.0 Å². The lowest BCUT2D eigenvalue weighted by Crippen LogP contribution is -2.13. The van der Waals surface area contributed by atoms with Crippen molar-refractivity contribution in [2.45, 2.75) is 6.92 Å². The van der Waals surface area contributed by atoms with Crippen molar-refractivity contribution < 1.29 is 9.53 Å². The molecule has 0 saturated heterocycles. The zero-order chi connectivity index (χ0) is 16.8. The number of hydrogen-bond donors (Lipinski definition) is 1. The Morgan fingerprint density at radius 3 is 2.74 bits per heavy atom. The Kier molecular flexibility index (Phi) is 5.56. The lowest BCUT2D eigenvalue weighted by molar-refractivity contribution is -0.112. The molecule has 0 aromatic heterocycles. The number of carbonyl (C=O) groups is 1. The van der Waals surface area contributed by atoms with Crippen LogP contribution in [-0.2, 0) is 4.79 Å². The highest BCUT2D eigenvalue weighted by molar-refractivity contribution is 9.10. The molecule has 2 aromatic rings. The molecule has 0 radical (unpaired) electrons. The molecule has 0 aliphatic heterocycles. The van der Waals surface area contributed by atoms with Crippen molar-refractivity contribution in [1.29, 1.82) is 5.26 Å². The molecule has 4 nitrogen and oxygen atoms in total. The summed E-state index contributed by atoms with van der Waals surface area (Å²) in [7, 11) is 1.56. The molecule has 0 saturated carbocycles. The van der Waals surface area contributed by atoms with Crippen molar-refractivity contribution in [3.63, 3.8) is 0 Å². The van der Waals surface area contributed by atoms with E-state index in [1.165, 1.54) is 6.08 Å². The van der Waals surface area contributed by atoms with E-state index in [4.69, 9.17) is 4.74 Å². The monoisotopic (exact) mass is 370 g/mol. The van der Waals surface area contributed by atoms with Crippen LogP contribution in [0.25, 0.3) is 6.08 Å². The van der Waals surface area contributed by atoms with Crippen LogP contribution in [0.1, 0.15) is 11.1 Å². The molecular weight excluding hydrogens is 356 g/mol. The summed E-state index contributed by atoms with van der Waals surface area (Å²) in [6, 6.07) is 14.7. The summed E-state index contributed by atoms with van der Waals surface area (Å²) in [5.41, 5.74) is 2.41. The molecule has 0 aliphatic carbocycles. The third kappa shape index (κ3) is 4.70. The Balaban J connectivity index is 2.26. The summed E-state index contributed by atoms with van der Waals surface area (Å²) < 4.78 is 5.98. The summed E-state index contributed by atoms with van der Waals surface area (Å²) in [5.74, 6) is 0.194. The van der Waals surface area contributed by atoms with Crippen molar-refractivity contribution in [1.82, 2.24) is 0 Å². The van der Waals surface area contributed by atoms with Crippen LogP contribution >= 0.6 is 15.9 Å². The molecule has 5 heteroatoms. The standard InChI is InChI=1S/C18H15BrN2O2/c1-12-4-3-5-16(6-12)21-18(22)14(11-20)7-13-8-15(19)10-17(9-13)23-2/h3-10H,1-2H3,(H,21,22)/b14-7+. The van der Waals surface area contributed by atoms with Gasteiger partial charge in [-0.1, -0.05) is 28.1 Å². The topological polar surface area (TPSA) is 62.1 Å². The van der Waals surface area contributed by atoms with Gasteiger partial charge in [-0.3, -0.25) is 4.79 Å². The smallest absolute Gasteiger partial charge is 0.266 e. The first-order valence-electron chi connectivity index (χ1n) is 6.86. The van der Waals surface area contributed by atoms with E-state index < -0.39 is 5.91 Å². The van der Waals surface area contributed by atoms with Crippen molar-refractivity contribution in [3.8, 4) is 11.8 Å². The van der Waals surface area contributed by atoms with E-state index in [-0.39, 0.29) is 5.57 Å². The molecule has 0 heterocycles. The van der Waals surface area contributed by atoms with Gasteiger partial charge in [0, 0.05) is 10.2 Å². The number of rotatable bonds is 4. The highest BCUT2D eigenvalue weighted by Gasteiger charge is 2.10. The number of carbonyl (C=O) groups excluding carboxylic acids is 1. The lowest BCUT2D eigenvalue weighted by atomic mass is 10.1.